The van der Waals surface area contributed by atoms with Gasteiger partial charge in [0.1, 0.15) is 5.75 Å². The van der Waals surface area contributed by atoms with Gasteiger partial charge in [-0.05, 0) is 36.0 Å². The molecule has 0 aromatic heterocycles. The van der Waals surface area contributed by atoms with Gasteiger partial charge in [-0.15, -0.1) is 0 Å². The van der Waals surface area contributed by atoms with E-state index in [2.05, 4.69) is 19.2 Å². The van der Waals surface area contributed by atoms with Gasteiger partial charge in [-0.25, -0.2) is 0 Å². The molecule has 0 heterocycles. The minimum Gasteiger partial charge on any atom is -0.484 e. The Labute approximate surface area is 127 Å². The molecule has 0 fully saturated rings. The van der Waals surface area contributed by atoms with Crippen molar-refractivity contribution < 1.29 is 14.6 Å². The van der Waals surface area contributed by atoms with Gasteiger partial charge < -0.3 is 15.2 Å². The molecule has 4 nitrogen and oxygen atoms in total. The van der Waals surface area contributed by atoms with Crippen LogP contribution in [-0.4, -0.2) is 30.3 Å². The van der Waals surface area contributed by atoms with Crippen molar-refractivity contribution in [2.75, 3.05) is 13.2 Å². The second-order valence-corrected chi connectivity index (χ2v) is 6.10. The fourth-order valence-electron chi connectivity index (χ4n) is 2.01. The van der Waals surface area contributed by atoms with Crippen LogP contribution < -0.4 is 10.1 Å². The van der Waals surface area contributed by atoms with Crippen LogP contribution in [0.15, 0.2) is 24.3 Å². The van der Waals surface area contributed by atoms with Crippen LogP contribution in [0.1, 0.15) is 45.6 Å². The maximum absolute atomic E-state index is 11.6. The summed E-state index contributed by atoms with van der Waals surface area (Å²) >= 11 is 0. The number of carbonyl (C=O) groups excluding carboxylic acids is 1. The van der Waals surface area contributed by atoms with Crippen LogP contribution >= 0.6 is 0 Å². The second-order valence-electron chi connectivity index (χ2n) is 6.10. The van der Waals surface area contributed by atoms with Gasteiger partial charge in [0.25, 0.3) is 5.91 Å². The van der Waals surface area contributed by atoms with Crippen LogP contribution in [0.4, 0.5) is 0 Å². The minimum absolute atomic E-state index is 0.0323. The number of carbonyl (C=O) groups is 1. The fourth-order valence-corrected chi connectivity index (χ4v) is 2.01. The fraction of sp³-hybridized carbons (Fsp3) is 0.588. The molecule has 118 valence electrons. The van der Waals surface area contributed by atoms with Crippen molar-refractivity contribution in [2.24, 2.45) is 5.92 Å². The van der Waals surface area contributed by atoms with Crippen molar-refractivity contribution >= 4 is 5.91 Å². The number of amides is 1. The van der Waals surface area contributed by atoms with Crippen molar-refractivity contribution in [3.05, 3.63) is 29.8 Å². The van der Waals surface area contributed by atoms with E-state index >= 15 is 0 Å². The summed E-state index contributed by atoms with van der Waals surface area (Å²) in [5.74, 6) is 1.35. The average Bonchev–Trinajstić information content (AvgIpc) is 2.42. The molecule has 1 rings (SSSR count). The van der Waals surface area contributed by atoms with Crippen LogP contribution in [0, 0.1) is 5.92 Å². The number of ether oxygens (including phenoxy) is 1. The Hall–Kier alpha value is -1.55. The number of rotatable bonds is 8. The third kappa shape index (κ3) is 7.14. The molecule has 1 aromatic rings. The van der Waals surface area contributed by atoms with Gasteiger partial charge in [-0.1, -0.05) is 39.8 Å². The summed E-state index contributed by atoms with van der Waals surface area (Å²) in [6.45, 7) is 8.57. The maximum Gasteiger partial charge on any atom is 0.258 e. The Morgan fingerprint density at radius 2 is 1.81 bits per heavy atom. The molecule has 21 heavy (non-hydrogen) atoms. The molecule has 0 saturated carbocycles. The zero-order valence-corrected chi connectivity index (χ0v) is 13.4. The zero-order chi connectivity index (χ0) is 15.8. The topological polar surface area (TPSA) is 58.6 Å². The van der Waals surface area contributed by atoms with E-state index in [1.807, 2.05) is 38.1 Å². The van der Waals surface area contributed by atoms with Crippen LogP contribution in [0.5, 0.6) is 5.75 Å². The van der Waals surface area contributed by atoms with Gasteiger partial charge >= 0.3 is 0 Å². The summed E-state index contributed by atoms with van der Waals surface area (Å²) in [7, 11) is 0. The van der Waals surface area contributed by atoms with Crippen molar-refractivity contribution in [1.82, 2.24) is 5.32 Å². The van der Waals surface area contributed by atoms with Crippen molar-refractivity contribution in [2.45, 2.75) is 46.1 Å². The number of hydrogen-bond donors (Lipinski definition) is 2. The standard InChI is InChI=1S/C17H27NO3/c1-12(2)9-15(19)10-18-17(20)11-21-16-7-5-14(6-8-16)13(3)4/h5-8,12-13,15,19H,9-11H2,1-4H3,(H,18,20). The van der Waals surface area contributed by atoms with E-state index in [9.17, 15) is 9.90 Å². The Bertz CT molecular complexity index is 426. The van der Waals surface area contributed by atoms with Crippen LogP contribution in [0.25, 0.3) is 0 Å². The molecule has 0 bridgehead atoms. The van der Waals surface area contributed by atoms with E-state index in [-0.39, 0.29) is 19.1 Å². The predicted molar refractivity (Wildman–Crippen MR) is 84.5 cm³/mol. The highest BCUT2D eigenvalue weighted by atomic mass is 16.5. The zero-order valence-electron chi connectivity index (χ0n) is 13.4. The molecule has 1 unspecified atom stereocenters. The van der Waals surface area contributed by atoms with E-state index < -0.39 is 6.10 Å². The largest absolute Gasteiger partial charge is 0.484 e. The molecule has 0 aliphatic carbocycles. The Morgan fingerprint density at radius 1 is 1.19 bits per heavy atom. The van der Waals surface area contributed by atoms with E-state index in [1.54, 1.807) is 0 Å². The summed E-state index contributed by atoms with van der Waals surface area (Å²) in [5, 5.41) is 12.4. The molecule has 0 aliphatic heterocycles. The highest BCUT2D eigenvalue weighted by molar-refractivity contribution is 5.77. The number of aliphatic hydroxyl groups excluding tert-OH is 1. The molecule has 0 saturated heterocycles. The smallest absolute Gasteiger partial charge is 0.258 e. The van der Waals surface area contributed by atoms with Gasteiger partial charge in [0.15, 0.2) is 6.61 Å². The SMILES string of the molecule is CC(C)CC(O)CNC(=O)COc1ccc(C(C)C)cc1. The van der Waals surface area contributed by atoms with E-state index in [1.165, 1.54) is 5.56 Å². The number of benzene rings is 1. The first-order valence-corrected chi connectivity index (χ1v) is 7.56. The molecule has 0 spiro atoms. The summed E-state index contributed by atoms with van der Waals surface area (Å²) in [6, 6.07) is 7.75. The van der Waals surface area contributed by atoms with Crippen molar-refractivity contribution in [3.8, 4) is 5.75 Å². The van der Waals surface area contributed by atoms with Crippen molar-refractivity contribution in [1.29, 1.82) is 0 Å². The summed E-state index contributed by atoms with van der Waals surface area (Å²) in [6.07, 6.45) is 0.178. The lowest BCUT2D eigenvalue weighted by atomic mass is 10.0. The summed E-state index contributed by atoms with van der Waals surface area (Å²) in [4.78, 5) is 11.6. The first kappa shape index (κ1) is 17.5. The lowest BCUT2D eigenvalue weighted by molar-refractivity contribution is -0.123. The number of nitrogens with one attached hydrogen (secondary N) is 1. The van der Waals surface area contributed by atoms with Gasteiger partial charge in [-0.3, -0.25) is 4.79 Å². The molecule has 0 radical (unpaired) electrons. The highest BCUT2D eigenvalue weighted by Crippen LogP contribution is 2.18. The molecule has 1 aromatic carbocycles. The molecule has 1 amide bonds. The van der Waals surface area contributed by atoms with Crippen LogP contribution in [0.3, 0.4) is 0 Å². The predicted octanol–water partition coefficient (Wildman–Crippen LogP) is 2.71. The van der Waals surface area contributed by atoms with E-state index in [0.29, 0.717) is 24.0 Å². The van der Waals surface area contributed by atoms with Crippen LogP contribution in [0.2, 0.25) is 0 Å². The Morgan fingerprint density at radius 3 is 2.33 bits per heavy atom. The van der Waals surface area contributed by atoms with Gasteiger partial charge in [-0.2, -0.15) is 0 Å². The Kier molecular flexibility index (Phi) is 7.23. The first-order valence-electron chi connectivity index (χ1n) is 7.56. The van der Waals surface area contributed by atoms with E-state index in [0.717, 1.165) is 0 Å². The van der Waals surface area contributed by atoms with Crippen LogP contribution in [-0.2, 0) is 4.79 Å². The van der Waals surface area contributed by atoms with Gasteiger partial charge in [0.05, 0.1) is 6.10 Å². The van der Waals surface area contributed by atoms with Crippen molar-refractivity contribution in [3.63, 3.8) is 0 Å². The first-order chi connectivity index (χ1) is 9.88. The molecule has 4 heteroatoms. The highest BCUT2D eigenvalue weighted by Gasteiger charge is 2.09. The second kappa shape index (κ2) is 8.67. The summed E-state index contributed by atoms with van der Waals surface area (Å²) < 4.78 is 5.42. The number of aliphatic hydroxyl groups is 1. The monoisotopic (exact) mass is 293 g/mol. The summed E-state index contributed by atoms with van der Waals surface area (Å²) in [5.41, 5.74) is 1.24. The normalized spacial score (nSPS) is 12.5. The number of hydrogen-bond acceptors (Lipinski definition) is 3. The van der Waals surface area contributed by atoms with Gasteiger partial charge in [0, 0.05) is 6.54 Å². The molecule has 0 aliphatic rings. The Balaban J connectivity index is 2.29. The third-order valence-electron chi connectivity index (χ3n) is 3.20. The molecular formula is C17H27NO3. The third-order valence-corrected chi connectivity index (χ3v) is 3.20. The minimum atomic E-state index is -0.501. The maximum atomic E-state index is 11.6. The lowest BCUT2D eigenvalue weighted by Crippen LogP contribution is -2.35. The lowest BCUT2D eigenvalue weighted by Gasteiger charge is -2.14. The molecule has 1 atom stereocenters. The quantitative estimate of drug-likeness (QED) is 0.775. The molecular weight excluding hydrogens is 266 g/mol. The van der Waals surface area contributed by atoms with E-state index in [4.69, 9.17) is 4.74 Å². The van der Waals surface area contributed by atoms with Gasteiger partial charge in [0.2, 0.25) is 0 Å². The average molecular weight is 293 g/mol. The molecule has 2 N–H and O–H groups in total.